The number of sulfonamides is 1. The fourth-order valence-electron chi connectivity index (χ4n) is 2.54. The van der Waals surface area contributed by atoms with Gasteiger partial charge in [0.25, 0.3) is 0 Å². The molecule has 1 heterocycles. The predicted octanol–water partition coefficient (Wildman–Crippen LogP) is 1.28. The minimum absolute atomic E-state index is 0.0325. The number of nitrogens with one attached hydrogen (secondary N) is 1. The maximum atomic E-state index is 12.9. The van der Waals surface area contributed by atoms with Crippen LogP contribution in [-0.4, -0.2) is 76.8 Å². The minimum atomic E-state index is -4.51. The van der Waals surface area contributed by atoms with E-state index in [9.17, 15) is 26.4 Å². The highest BCUT2D eigenvalue weighted by Crippen LogP contribution is 2.31. The topological polar surface area (TPSA) is 88.2 Å². The molecule has 2 amide bonds. The number of methoxy groups -OCH3 is 2. The molecule has 0 spiro atoms. The highest BCUT2D eigenvalue weighted by atomic mass is 32.2. The maximum Gasteiger partial charge on any atom is 0.405 e. The van der Waals surface area contributed by atoms with Crippen molar-refractivity contribution in [1.29, 1.82) is 0 Å². The summed E-state index contributed by atoms with van der Waals surface area (Å²) in [7, 11) is -1.20. The van der Waals surface area contributed by atoms with Gasteiger partial charge in [-0.1, -0.05) is 0 Å². The quantitative estimate of drug-likeness (QED) is 0.789. The van der Waals surface area contributed by atoms with Crippen molar-refractivity contribution in [2.45, 2.75) is 11.1 Å². The Morgan fingerprint density at radius 3 is 2.30 bits per heavy atom. The molecule has 0 saturated carbocycles. The van der Waals surface area contributed by atoms with E-state index < -0.39 is 28.8 Å². The number of carbonyl (C=O) groups excluding carboxylic acids is 1. The Bertz CT molecular complexity index is 777. The first-order valence-electron chi connectivity index (χ1n) is 7.90. The molecule has 1 aliphatic heterocycles. The summed E-state index contributed by atoms with van der Waals surface area (Å²) in [6.45, 7) is -1.61. The predicted molar refractivity (Wildman–Crippen MR) is 89.3 cm³/mol. The minimum Gasteiger partial charge on any atom is -0.497 e. The van der Waals surface area contributed by atoms with Crippen LogP contribution in [-0.2, 0) is 10.0 Å². The van der Waals surface area contributed by atoms with Crippen LogP contribution in [0.1, 0.15) is 0 Å². The van der Waals surface area contributed by atoms with Gasteiger partial charge in [-0.05, 0) is 12.1 Å². The molecule has 0 unspecified atom stereocenters. The van der Waals surface area contributed by atoms with Crippen molar-refractivity contribution in [3.05, 3.63) is 18.2 Å². The fraction of sp³-hybridized carbons (Fsp3) is 0.533. The summed E-state index contributed by atoms with van der Waals surface area (Å²) in [4.78, 5) is 12.8. The molecule has 1 aromatic carbocycles. The van der Waals surface area contributed by atoms with Crippen molar-refractivity contribution in [3.8, 4) is 11.5 Å². The molecular weight excluding hydrogens is 391 g/mol. The molecule has 8 nitrogen and oxygen atoms in total. The van der Waals surface area contributed by atoms with E-state index in [1.807, 2.05) is 0 Å². The Morgan fingerprint density at radius 2 is 1.78 bits per heavy atom. The number of halogens is 3. The third-order valence-corrected chi connectivity index (χ3v) is 5.87. The Hall–Kier alpha value is -2.21. The summed E-state index contributed by atoms with van der Waals surface area (Å²) >= 11 is 0. The first-order chi connectivity index (χ1) is 12.6. The number of urea groups is 1. The van der Waals surface area contributed by atoms with Gasteiger partial charge in [-0.15, -0.1) is 0 Å². The number of hydrogen-bond acceptors (Lipinski definition) is 5. The molecule has 1 N–H and O–H groups in total. The van der Waals surface area contributed by atoms with Gasteiger partial charge in [-0.3, -0.25) is 0 Å². The van der Waals surface area contributed by atoms with Gasteiger partial charge in [0, 0.05) is 32.2 Å². The van der Waals surface area contributed by atoms with Crippen LogP contribution in [0.15, 0.2) is 23.1 Å². The SMILES string of the molecule is COc1ccc(OC)c(S(=O)(=O)N2CCN(C(=O)NCC(F)(F)F)CC2)c1. The first kappa shape index (κ1) is 21.1. The molecule has 0 radical (unpaired) electrons. The number of carbonyl (C=O) groups is 1. The second-order valence-electron chi connectivity index (χ2n) is 5.68. The standard InChI is InChI=1S/C15H20F3N3O5S/c1-25-11-3-4-12(26-2)13(9-11)27(23,24)21-7-5-20(6-8-21)14(22)19-10-15(16,17)18/h3-4,9H,5-8,10H2,1-2H3,(H,19,22). The Balaban J connectivity index is 2.08. The largest absolute Gasteiger partial charge is 0.497 e. The zero-order valence-corrected chi connectivity index (χ0v) is 15.6. The van der Waals surface area contributed by atoms with E-state index in [4.69, 9.17) is 9.47 Å². The van der Waals surface area contributed by atoms with Crippen molar-refractivity contribution in [3.63, 3.8) is 0 Å². The van der Waals surface area contributed by atoms with E-state index in [0.29, 0.717) is 5.75 Å². The van der Waals surface area contributed by atoms with Crippen LogP contribution < -0.4 is 14.8 Å². The average molecular weight is 411 g/mol. The van der Waals surface area contributed by atoms with Crippen molar-refractivity contribution in [2.75, 3.05) is 46.9 Å². The van der Waals surface area contributed by atoms with E-state index in [1.165, 1.54) is 26.4 Å². The van der Waals surface area contributed by atoms with E-state index in [-0.39, 0.29) is 36.8 Å². The first-order valence-corrected chi connectivity index (χ1v) is 9.34. The highest BCUT2D eigenvalue weighted by Gasteiger charge is 2.34. The molecule has 1 aliphatic rings. The molecule has 0 atom stereocenters. The number of hydrogen-bond donors (Lipinski definition) is 1. The molecule has 0 bridgehead atoms. The fourth-order valence-corrected chi connectivity index (χ4v) is 4.14. The second kappa shape index (κ2) is 8.21. The van der Waals surface area contributed by atoms with Gasteiger partial charge < -0.3 is 19.7 Å². The van der Waals surface area contributed by atoms with Crippen LogP contribution in [0.3, 0.4) is 0 Å². The van der Waals surface area contributed by atoms with Gasteiger partial charge >= 0.3 is 12.2 Å². The summed E-state index contributed by atoms with van der Waals surface area (Å²) in [6.07, 6.45) is -4.51. The number of alkyl halides is 3. The molecule has 152 valence electrons. The molecule has 12 heteroatoms. The number of piperazine rings is 1. The number of benzene rings is 1. The third-order valence-electron chi connectivity index (χ3n) is 3.95. The van der Waals surface area contributed by atoms with E-state index in [2.05, 4.69) is 0 Å². The normalized spacial score (nSPS) is 16.1. The number of rotatable bonds is 5. The van der Waals surface area contributed by atoms with Gasteiger partial charge in [0.15, 0.2) is 0 Å². The molecule has 27 heavy (non-hydrogen) atoms. The lowest BCUT2D eigenvalue weighted by molar-refractivity contribution is -0.123. The summed E-state index contributed by atoms with van der Waals surface area (Å²) in [5.41, 5.74) is 0. The second-order valence-corrected chi connectivity index (χ2v) is 7.59. The Labute approximate surface area is 154 Å². The van der Waals surface area contributed by atoms with E-state index in [0.717, 1.165) is 9.21 Å². The van der Waals surface area contributed by atoms with E-state index >= 15 is 0 Å². The lowest BCUT2D eigenvalue weighted by Crippen LogP contribution is -2.54. The van der Waals surface area contributed by atoms with Crippen LogP contribution in [0.4, 0.5) is 18.0 Å². The van der Waals surface area contributed by atoms with Crippen LogP contribution >= 0.6 is 0 Å². The van der Waals surface area contributed by atoms with Crippen molar-refractivity contribution >= 4 is 16.1 Å². The van der Waals surface area contributed by atoms with Gasteiger partial charge in [0.2, 0.25) is 10.0 Å². The number of ether oxygens (including phenoxy) is 2. The van der Waals surface area contributed by atoms with Crippen LogP contribution in [0.2, 0.25) is 0 Å². The average Bonchev–Trinajstić information content (AvgIpc) is 2.65. The maximum absolute atomic E-state index is 12.9. The summed E-state index contributed by atoms with van der Waals surface area (Å²) in [5.74, 6) is 0.473. The zero-order valence-electron chi connectivity index (χ0n) is 14.7. The van der Waals surface area contributed by atoms with Gasteiger partial charge in [-0.2, -0.15) is 17.5 Å². The van der Waals surface area contributed by atoms with Gasteiger partial charge in [0.05, 0.1) is 14.2 Å². The molecule has 1 fully saturated rings. The molecule has 0 aromatic heterocycles. The number of nitrogens with zero attached hydrogens (tertiary/aromatic N) is 2. The lowest BCUT2D eigenvalue weighted by atomic mass is 10.3. The van der Waals surface area contributed by atoms with Crippen molar-refractivity contribution in [2.24, 2.45) is 0 Å². The van der Waals surface area contributed by atoms with Crippen LogP contribution in [0, 0.1) is 0 Å². The van der Waals surface area contributed by atoms with Crippen molar-refractivity contribution in [1.82, 2.24) is 14.5 Å². The Morgan fingerprint density at radius 1 is 1.15 bits per heavy atom. The summed E-state index contributed by atoms with van der Waals surface area (Å²) < 4.78 is 73.6. The van der Waals surface area contributed by atoms with Gasteiger partial charge in [0.1, 0.15) is 22.9 Å². The smallest absolute Gasteiger partial charge is 0.405 e. The molecular formula is C15H20F3N3O5S. The summed E-state index contributed by atoms with van der Waals surface area (Å²) in [5, 5.41) is 1.77. The summed E-state index contributed by atoms with van der Waals surface area (Å²) in [6, 6.07) is 3.47. The molecule has 2 rings (SSSR count). The zero-order chi connectivity index (χ0) is 20.2. The Kier molecular flexibility index (Phi) is 6.42. The monoisotopic (exact) mass is 411 g/mol. The van der Waals surface area contributed by atoms with E-state index in [1.54, 1.807) is 11.4 Å². The van der Waals surface area contributed by atoms with Crippen LogP contribution in [0.5, 0.6) is 11.5 Å². The lowest BCUT2D eigenvalue weighted by Gasteiger charge is -2.34. The molecule has 1 aromatic rings. The molecule has 0 aliphatic carbocycles. The highest BCUT2D eigenvalue weighted by molar-refractivity contribution is 7.89. The number of amides is 2. The van der Waals surface area contributed by atoms with Gasteiger partial charge in [-0.25, -0.2) is 13.2 Å². The van der Waals surface area contributed by atoms with Crippen molar-refractivity contribution < 1.29 is 35.9 Å². The third kappa shape index (κ3) is 5.16. The molecule has 1 saturated heterocycles. The van der Waals surface area contributed by atoms with Crippen LogP contribution in [0.25, 0.3) is 0 Å².